The van der Waals surface area contributed by atoms with Gasteiger partial charge in [-0.3, -0.25) is 4.79 Å². The van der Waals surface area contributed by atoms with Crippen LogP contribution in [-0.2, 0) is 4.79 Å². The van der Waals surface area contributed by atoms with E-state index in [2.05, 4.69) is 25.8 Å². The number of anilines is 2. The van der Waals surface area contributed by atoms with Gasteiger partial charge in [0.1, 0.15) is 18.0 Å². The smallest absolute Gasteiger partial charge is 0.225 e. The topological polar surface area (TPSA) is 52.6 Å². The summed E-state index contributed by atoms with van der Waals surface area (Å²) in [6.07, 6.45) is 6.48. The summed E-state index contributed by atoms with van der Waals surface area (Å²) in [6.45, 7) is 9.53. The summed E-state index contributed by atoms with van der Waals surface area (Å²) in [5.74, 6) is 2.36. The Kier molecular flexibility index (Phi) is 5.53. The minimum atomic E-state index is 0.0707. The van der Waals surface area contributed by atoms with Gasteiger partial charge in [0.05, 0.1) is 0 Å². The first kappa shape index (κ1) is 17.0. The lowest BCUT2D eigenvalue weighted by Crippen LogP contribution is -2.37. The highest BCUT2D eigenvalue weighted by Crippen LogP contribution is 2.22. The van der Waals surface area contributed by atoms with E-state index in [-0.39, 0.29) is 11.8 Å². The summed E-state index contributed by atoms with van der Waals surface area (Å²) in [6, 6.07) is 2.12. The Morgan fingerprint density at radius 2 is 1.50 bits per heavy atom. The van der Waals surface area contributed by atoms with Crippen molar-refractivity contribution in [3.8, 4) is 0 Å². The minimum Gasteiger partial charge on any atom is -0.356 e. The Hall–Kier alpha value is -1.85. The second kappa shape index (κ2) is 7.81. The van der Waals surface area contributed by atoms with Gasteiger partial charge in [0.2, 0.25) is 5.91 Å². The van der Waals surface area contributed by atoms with Gasteiger partial charge < -0.3 is 14.7 Å². The van der Waals surface area contributed by atoms with Crippen molar-refractivity contribution in [1.29, 1.82) is 0 Å². The normalized spacial score (nSPS) is 19.5. The fraction of sp³-hybridized carbons (Fsp3) is 0.722. The van der Waals surface area contributed by atoms with Gasteiger partial charge >= 0.3 is 0 Å². The van der Waals surface area contributed by atoms with Crippen LogP contribution in [0.1, 0.15) is 39.5 Å². The molecule has 0 N–H and O–H groups in total. The predicted octanol–water partition coefficient (Wildman–Crippen LogP) is 2.16. The van der Waals surface area contributed by atoms with Crippen LogP contribution in [0.4, 0.5) is 11.6 Å². The molecule has 0 aromatic carbocycles. The van der Waals surface area contributed by atoms with Crippen LogP contribution in [0.2, 0.25) is 0 Å². The van der Waals surface area contributed by atoms with Crippen molar-refractivity contribution in [1.82, 2.24) is 14.9 Å². The van der Waals surface area contributed by atoms with Crippen LogP contribution in [0.25, 0.3) is 0 Å². The zero-order valence-corrected chi connectivity index (χ0v) is 14.9. The van der Waals surface area contributed by atoms with E-state index in [9.17, 15) is 4.79 Å². The fourth-order valence-corrected chi connectivity index (χ4v) is 3.54. The molecular formula is C18H29N5O. The molecule has 3 heterocycles. The zero-order valence-electron chi connectivity index (χ0n) is 14.9. The SMILES string of the molecule is CC(C)C(=O)N1CCCN(c2cc(N3CCCCC3)ncn2)CC1. The summed E-state index contributed by atoms with van der Waals surface area (Å²) >= 11 is 0. The van der Waals surface area contributed by atoms with E-state index < -0.39 is 0 Å². The van der Waals surface area contributed by atoms with Crippen LogP contribution in [0.5, 0.6) is 0 Å². The largest absolute Gasteiger partial charge is 0.356 e. The highest BCUT2D eigenvalue weighted by Gasteiger charge is 2.22. The lowest BCUT2D eigenvalue weighted by molar-refractivity contribution is -0.134. The van der Waals surface area contributed by atoms with Gasteiger partial charge in [-0.1, -0.05) is 13.8 Å². The third-order valence-corrected chi connectivity index (χ3v) is 4.94. The van der Waals surface area contributed by atoms with Crippen LogP contribution in [-0.4, -0.2) is 60.0 Å². The van der Waals surface area contributed by atoms with E-state index in [4.69, 9.17) is 0 Å². The number of nitrogens with zero attached hydrogens (tertiary/aromatic N) is 5. The number of carbonyl (C=O) groups is 1. The molecule has 1 aromatic heterocycles. The minimum absolute atomic E-state index is 0.0707. The summed E-state index contributed by atoms with van der Waals surface area (Å²) in [7, 11) is 0. The van der Waals surface area contributed by atoms with Gasteiger partial charge in [0.15, 0.2) is 0 Å². The molecule has 0 spiro atoms. The molecule has 2 aliphatic heterocycles. The molecule has 2 aliphatic rings. The second-order valence-corrected chi connectivity index (χ2v) is 7.10. The highest BCUT2D eigenvalue weighted by molar-refractivity contribution is 5.78. The maximum atomic E-state index is 12.2. The number of rotatable bonds is 3. The standard InChI is InChI=1S/C18H29N5O/c1-15(2)18(24)23-10-6-9-22(11-12-23)17-13-16(19-14-20-17)21-7-4-3-5-8-21/h13-15H,3-12H2,1-2H3. The van der Waals surface area contributed by atoms with E-state index in [1.54, 1.807) is 6.33 Å². The Labute approximate surface area is 144 Å². The summed E-state index contributed by atoms with van der Waals surface area (Å²) in [4.78, 5) is 27.8. The Morgan fingerprint density at radius 3 is 2.17 bits per heavy atom. The molecule has 24 heavy (non-hydrogen) atoms. The molecule has 3 rings (SSSR count). The van der Waals surface area contributed by atoms with Crippen molar-refractivity contribution in [2.45, 2.75) is 39.5 Å². The van der Waals surface area contributed by atoms with Gasteiger partial charge in [-0.15, -0.1) is 0 Å². The molecule has 0 bridgehead atoms. The number of aromatic nitrogens is 2. The Bertz CT molecular complexity index is 556. The Morgan fingerprint density at radius 1 is 0.875 bits per heavy atom. The average molecular weight is 331 g/mol. The molecule has 2 fully saturated rings. The van der Waals surface area contributed by atoms with E-state index in [0.717, 1.165) is 57.3 Å². The first-order chi connectivity index (χ1) is 11.6. The first-order valence-electron chi connectivity index (χ1n) is 9.26. The quantitative estimate of drug-likeness (QED) is 0.849. The second-order valence-electron chi connectivity index (χ2n) is 7.10. The molecule has 1 aromatic rings. The fourth-order valence-electron chi connectivity index (χ4n) is 3.54. The van der Waals surface area contributed by atoms with Crippen LogP contribution < -0.4 is 9.80 Å². The van der Waals surface area contributed by atoms with E-state index in [0.29, 0.717) is 0 Å². The maximum absolute atomic E-state index is 12.2. The van der Waals surface area contributed by atoms with Gasteiger partial charge in [0.25, 0.3) is 0 Å². The van der Waals surface area contributed by atoms with E-state index >= 15 is 0 Å². The molecule has 6 heteroatoms. The molecule has 1 amide bonds. The summed E-state index contributed by atoms with van der Waals surface area (Å²) < 4.78 is 0. The summed E-state index contributed by atoms with van der Waals surface area (Å²) in [5.41, 5.74) is 0. The number of hydrogen-bond donors (Lipinski definition) is 0. The number of hydrogen-bond acceptors (Lipinski definition) is 5. The van der Waals surface area contributed by atoms with Gasteiger partial charge in [-0.05, 0) is 25.7 Å². The van der Waals surface area contributed by atoms with E-state index in [1.807, 2.05) is 18.7 Å². The predicted molar refractivity (Wildman–Crippen MR) is 96.3 cm³/mol. The third kappa shape index (κ3) is 3.97. The van der Waals surface area contributed by atoms with Gasteiger partial charge in [-0.2, -0.15) is 0 Å². The molecule has 0 radical (unpaired) electrons. The van der Waals surface area contributed by atoms with Crippen LogP contribution >= 0.6 is 0 Å². The zero-order chi connectivity index (χ0) is 16.9. The Balaban J connectivity index is 1.67. The van der Waals surface area contributed by atoms with Gasteiger partial charge in [-0.25, -0.2) is 9.97 Å². The number of carbonyl (C=O) groups excluding carboxylic acids is 1. The lowest BCUT2D eigenvalue weighted by Gasteiger charge is -2.29. The van der Waals surface area contributed by atoms with Crippen molar-refractivity contribution < 1.29 is 4.79 Å². The molecule has 2 saturated heterocycles. The highest BCUT2D eigenvalue weighted by atomic mass is 16.2. The van der Waals surface area contributed by atoms with Crippen molar-refractivity contribution in [2.24, 2.45) is 5.92 Å². The molecule has 132 valence electrons. The molecular weight excluding hydrogens is 302 g/mol. The van der Waals surface area contributed by atoms with Gasteiger partial charge in [0, 0.05) is 51.3 Å². The third-order valence-electron chi connectivity index (χ3n) is 4.94. The van der Waals surface area contributed by atoms with Crippen molar-refractivity contribution in [3.05, 3.63) is 12.4 Å². The van der Waals surface area contributed by atoms with E-state index in [1.165, 1.54) is 19.3 Å². The molecule has 6 nitrogen and oxygen atoms in total. The lowest BCUT2D eigenvalue weighted by atomic mass is 10.1. The average Bonchev–Trinajstić information content (AvgIpc) is 2.88. The molecule has 0 atom stereocenters. The van der Waals surface area contributed by atoms with Crippen LogP contribution in [0.15, 0.2) is 12.4 Å². The molecule has 0 saturated carbocycles. The van der Waals surface area contributed by atoms with Crippen LogP contribution in [0, 0.1) is 5.92 Å². The van der Waals surface area contributed by atoms with Crippen molar-refractivity contribution in [3.63, 3.8) is 0 Å². The number of piperidine rings is 1. The number of amides is 1. The van der Waals surface area contributed by atoms with Crippen molar-refractivity contribution >= 4 is 17.5 Å². The van der Waals surface area contributed by atoms with Crippen molar-refractivity contribution in [2.75, 3.05) is 49.1 Å². The molecule has 0 unspecified atom stereocenters. The maximum Gasteiger partial charge on any atom is 0.225 e. The summed E-state index contributed by atoms with van der Waals surface area (Å²) in [5, 5.41) is 0. The monoisotopic (exact) mass is 331 g/mol. The van der Waals surface area contributed by atoms with Crippen LogP contribution in [0.3, 0.4) is 0 Å². The first-order valence-corrected chi connectivity index (χ1v) is 9.26. The molecule has 0 aliphatic carbocycles.